The van der Waals surface area contributed by atoms with E-state index < -0.39 is 0 Å². The van der Waals surface area contributed by atoms with Crippen LogP contribution < -0.4 is 5.73 Å². The first-order chi connectivity index (χ1) is 8.56. The first-order valence-corrected chi connectivity index (χ1v) is 6.94. The summed E-state index contributed by atoms with van der Waals surface area (Å²) in [7, 11) is 0. The predicted molar refractivity (Wildman–Crippen MR) is 76.7 cm³/mol. The average Bonchev–Trinajstić information content (AvgIpc) is 2.75. The van der Waals surface area contributed by atoms with Gasteiger partial charge in [-0.15, -0.1) is 11.3 Å². The number of aryl methyl sites for hydroxylation is 1. The minimum atomic E-state index is -0.343. The van der Waals surface area contributed by atoms with Gasteiger partial charge in [-0.05, 0) is 52.7 Å². The van der Waals surface area contributed by atoms with E-state index in [0.717, 1.165) is 14.2 Å². The van der Waals surface area contributed by atoms with Crippen molar-refractivity contribution in [1.29, 1.82) is 0 Å². The standard InChI is InChI=1S/C13H12BrNO2S/c1-8-2-3-9(15)6-11(8)13(16)17-7-10-4-5-12(14)18-10/h2-6H,7,15H2,1H3. The van der Waals surface area contributed by atoms with Crippen LogP contribution in [0.4, 0.5) is 5.69 Å². The highest BCUT2D eigenvalue weighted by atomic mass is 79.9. The van der Waals surface area contributed by atoms with Crippen LogP contribution in [0.25, 0.3) is 0 Å². The Morgan fingerprint density at radius 2 is 2.17 bits per heavy atom. The maximum Gasteiger partial charge on any atom is 0.338 e. The number of thiophene rings is 1. The van der Waals surface area contributed by atoms with Crippen LogP contribution in [0, 0.1) is 6.92 Å². The van der Waals surface area contributed by atoms with Gasteiger partial charge in [0.25, 0.3) is 0 Å². The number of esters is 1. The third kappa shape index (κ3) is 3.11. The molecule has 94 valence electrons. The Morgan fingerprint density at radius 3 is 2.83 bits per heavy atom. The summed E-state index contributed by atoms with van der Waals surface area (Å²) < 4.78 is 6.28. The van der Waals surface area contributed by atoms with Crippen molar-refractivity contribution in [2.24, 2.45) is 0 Å². The van der Waals surface area contributed by atoms with Crippen molar-refractivity contribution >= 4 is 38.9 Å². The predicted octanol–water partition coefficient (Wildman–Crippen LogP) is 3.76. The Bertz CT molecular complexity index is 580. The highest BCUT2D eigenvalue weighted by Gasteiger charge is 2.11. The molecule has 0 aliphatic rings. The van der Waals surface area contributed by atoms with Gasteiger partial charge >= 0.3 is 5.97 Å². The van der Waals surface area contributed by atoms with E-state index in [1.165, 1.54) is 0 Å². The van der Waals surface area contributed by atoms with Crippen molar-refractivity contribution in [1.82, 2.24) is 0 Å². The molecule has 5 heteroatoms. The zero-order valence-corrected chi connectivity index (χ0v) is 12.2. The van der Waals surface area contributed by atoms with Gasteiger partial charge in [0.1, 0.15) is 6.61 Å². The second-order valence-corrected chi connectivity index (χ2v) is 6.40. The highest BCUT2D eigenvalue weighted by molar-refractivity contribution is 9.11. The van der Waals surface area contributed by atoms with E-state index >= 15 is 0 Å². The molecule has 2 rings (SSSR count). The number of halogens is 1. The van der Waals surface area contributed by atoms with Gasteiger partial charge in [-0.3, -0.25) is 0 Å². The highest BCUT2D eigenvalue weighted by Crippen LogP contribution is 2.23. The molecule has 0 fully saturated rings. The van der Waals surface area contributed by atoms with Crippen LogP contribution in [-0.4, -0.2) is 5.97 Å². The summed E-state index contributed by atoms with van der Waals surface area (Å²) >= 11 is 4.91. The number of rotatable bonds is 3. The monoisotopic (exact) mass is 325 g/mol. The summed E-state index contributed by atoms with van der Waals surface area (Å²) in [5, 5.41) is 0. The van der Waals surface area contributed by atoms with Crippen molar-refractivity contribution in [3.05, 3.63) is 50.1 Å². The lowest BCUT2D eigenvalue weighted by molar-refractivity contribution is 0.0476. The largest absolute Gasteiger partial charge is 0.456 e. The fourth-order valence-corrected chi connectivity index (χ4v) is 2.90. The fourth-order valence-electron chi connectivity index (χ4n) is 1.50. The summed E-state index contributed by atoms with van der Waals surface area (Å²) in [6.45, 7) is 2.14. The first-order valence-electron chi connectivity index (χ1n) is 5.34. The molecule has 0 unspecified atom stereocenters. The molecular formula is C13H12BrNO2S. The van der Waals surface area contributed by atoms with Crippen molar-refractivity contribution in [3.8, 4) is 0 Å². The van der Waals surface area contributed by atoms with Gasteiger partial charge in [0.05, 0.1) is 9.35 Å². The van der Waals surface area contributed by atoms with Gasteiger partial charge in [-0.2, -0.15) is 0 Å². The molecule has 2 N–H and O–H groups in total. The summed E-state index contributed by atoms with van der Waals surface area (Å²) in [4.78, 5) is 12.9. The third-order valence-electron chi connectivity index (χ3n) is 2.46. The average molecular weight is 326 g/mol. The molecule has 0 bridgehead atoms. The SMILES string of the molecule is Cc1ccc(N)cc1C(=O)OCc1ccc(Br)s1. The number of anilines is 1. The van der Waals surface area contributed by atoms with Crippen molar-refractivity contribution in [2.75, 3.05) is 5.73 Å². The van der Waals surface area contributed by atoms with Crippen LogP contribution in [0.1, 0.15) is 20.8 Å². The molecule has 1 heterocycles. The third-order valence-corrected chi connectivity index (χ3v) is 4.05. The van der Waals surface area contributed by atoms with Gasteiger partial charge in [-0.25, -0.2) is 4.79 Å². The van der Waals surface area contributed by atoms with Crippen LogP contribution in [-0.2, 0) is 11.3 Å². The number of ether oxygens (including phenoxy) is 1. The Balaban J connectivity index is 2.05. The quantitative estimate of drug-likeness (QED) is 0.690. The summed E-state index contributed by atoms with van der Waals surface area (Å²) in [6.07, 6.45) is 0. The summed E-state index contributed by atoms with van der Waals surface area (Å²) in [5.74, 6) is -0.343. The van der Waals surface area contributed by atoms with Gasteiger partial charge in [-0.1, -0.05) is 6.07 Å². The normalized spacial score (nSPS) is 10.3. The van der Waals surface area contributed by atoms with Gasteiger partial charge in [0.2, 0.25) is 0 Å². The molecule has 0 aliphatic heterocycles. The minimum Gasteiger partial charge on any atom is -0.456 e. The molecule has 18 heavy (non-hydrogen) atoms. The molecule has 0 spiro atoms. The van der Waals surface area contributed by atoms with Gasteiger partial charge < -0.3 is 10.5 Å². The van der Waals surface area contributed by atoms with Crippen LogP contribution in [0.5, 0.6) is 0 Å². The molecule has 1 aromatic heterocycles. The Morgan fingerprint density at radius 1 is 1.39 bits per heavy atom. The molecule has 0 radical (unpaired) electrons. The lowest BCUT2D eigenvalue weighted by atomic mass is 10.1. The fraction of sp³-hybridized carbons (Fsp3) is 0.154. The Hall–Kier alpha value is -1.33. The lowest BCUT2D eigenvalue weighted by Gasteiger charge is -2.06. The number of benzene rings is 1. The Labute approximate surface area is 118 Å². The van der Waals surface area contributed by atoms with E-state index in [0.29, 0.717) is 11.3 Å². The van der Waals surface area contributed by atoms with E-state index in [2.05, 4.69) is 15.9 Å². The molecule has 3 nitrogen and oxygen atoms in total. The molecular weight excluding hydrogens is 314 g/mol. The van der Waals surface area contributed by atoms with Gasteiger partial charge in [0.15, 0.2) is 0 Å². The summed E-state index contributed by atoms with van der Waals surface area (Å²) in [6, 6.07) is 9.08. The Kier molecular flexibility index (Phi) is 4.04. The van der Waals surface area contributed by atoms with Crippen LogP contribution in [0.3, 0.4) is 0 Å². The topological polar surface area (TPSA) is 52.3 Å². The molecule has 0 atom stereocenters. The van der Waals surface area contributed by atoms with E-state index in [1.807, 2.05) is 25.1 Å². The summed E-state index contributed by atoms with van der Waals surface area (Å²) in [5.41, 5.74) is 7.61. The van der Waals surface area contributed by atoms with Crippen LogP contribution >= 0.6 is 27.3 Å². The van der Waals surface area contributed by atoms with E-state index in [1.54, 1.807) is 23.5 Å². The van der Waals surface area contributed by atoms with Gasteiger partial charge in [0, 0.05) is 10.6 Å². The maximum atomic E-state index is 11.9. The minimum absolute atomic E-state index is 0.281. The number of carbonyl (C=O) groups excluding carboxylic acids is 1. The number of carbonyl (C=O) groups is 1. The van der Waals surface area contributed by atoms with E-state index in [9.17, 15) is 4.79 Å². The number of nitrogen functional groups attached to an aromatic ring is 1. The maximum absolute atomic E-state index is 11.9. The van der Waals surface area contributed by atoms with Crippen LogP contribution in [0.15, 0.2) is 34.1 Å². The first kappa shape index (κ1) is 13.1. The van der Waals surface area contributed by atoms with Crippen molar-refractivity contribution < 1.29 is 9.53 Å². The van der Waals surface area contributed by atoms with Crippen molar-refractivity contribution in [2.45, 2.75) is 13.5 Å². The zero-order chi connectivity index (χ0) is 13.1. The molecule has 0 saturated carbocycles. The van der Waals surface area contributed by atoms with E-state index in [4.69, 9.17) is 10.5 Å². The smallest absolute Gasteiger partial charge is 0.338 e. The molecule has 1 aromatic carbocycles. The molecule has 0 aliphatic carbocycles. The van der Waals surface area contributed by atoms with Crippen molar-refractivity contribution in [3.63, 3.8) is 0 Å². The van der Waals surface area contributed by atoms with E-state index in [-0.39, 0.29) is 12.6 Å². The zero-order valence-electron chi connectivity index (χ0n) is 9.77. The molecule has 2 aromatic rings. The van der Waals surface area contributed by atoms with Crippen LogP contribution in [0.2, 0.25) is 0 Å². The lowest BCUT2D eigenvalue weighted by Crippen LogP contribution is -2.07. The number of hydrogen-bond acceptors (Lipinski definition) is 4. The molecule has 0 amide bonds. The number of nitrogens with two attached hydrogens (primary N) is 1. The second kappa shape index (κ2) is 5.54. The number of hydrogen-bond donors (Lipinski definition) is 1. The second-order valence-electron chi connectivity index (χ2n) is 3.86. The molecule has 0 saturated heterocycles.